The van der Waals surface area contributed by atoms with Gasteiger partial charge < -0.3 is 4.98 Å². The third kappa shape index (κ3) is 1.14. The van der Waals surface area contributed by atoms with E-state index in [1.807, 2.05) is 0 Å². The molecule has 0 radical (unpaired) electrons. The van der Waals surface area contributed by atoms with Gasteiger partial charge in [0, 0.05) is 12.4 Å². The standard InChI is InChI=1S/C5H7N3O2/c1-10-8(4-9)5-6-2-3-7-5/h2-4H,1H3,(H,6,7). The average molecular weight is 141 g/mol. The second-order valence-corrected chi connectivity index (χ2v) is 1.53. The third-order valence-corrected chi connectivity index (χ3v) is 0.985. The second kappa shape index (κ2) is 2.98. The van der Waals surface area contributed by atoms with Gasteiger partial charge in [-0.2, -0.15) is 5.06 Å². The number of aromatic amines is 1. The van der Waals surface area contributed by atoms with Crippen molar-refractivity contribution in [2.75, 3.05) is 12.2 Å². The molecule has 0 atom stereocenters. The van der Waals surface area contributed by atoms with Crippen LogP contribution in [0.2, 0.25) is 0 Å². The number of hydrogen-bond donors (Lipinski definition) is 1. The van der Waals surface area contributed by atoms with Crippen LogP contribution >= 0.6 is 0 Å². The zero-order chi connectivity index (χ0) is 7.40. The third-order valence-electron chi connectivity index (χ3n) is 0.985. The highest BCUT2D eigenvalue weighted by molar-refractivity contribution is 5.67. The van der Waals surface area contributed by atoms with E-state index in [9.17, 15) is 4.79 Å². The summed E-state index contributed by atoms with van der Waals surface area (Å²) in [7, 11) is 1.39. The minimum absolute atomic E-state index is 0.373. The lowest BCUT2D eigenvalue weighted by Gasteiger charge is -2.07. The fourth-order valence-corrected chi connectivity index (χ4v) is 0.557. The summed E-state index contributed by atoms with van der Waals surface area (Å²) in [5.41, 5.74) is 0. The quantitative estimate of drug-likeness (QED) is 0.473. The summed E-state index contributed by atoms with van der Waals surface area (Å²) >= 11 is 0. The predicted octanol–water partition coefficient (Wildman–Crippen LogP) is -0.0661. The van der Waals surface area contributed by atoms with Crippen molar-refractivity contribution in [2.24, 2.45) is 0 Å². The van der Waals surface area contributed by atoms with Crippen molar-refractivity contribution in [1.29, 1.82) is 0 Å². The van der Waals surface area contributed by atoms with E-state index in [1.165, 1.54) is 13.3 Å². The molecule has 0 aliphatic rings. The summed E-state index contributed by atoms with van der Waals surface area (Å²) in [5.74, 6) is 0.373. The fraction of sp³-hybridized carbons (Fsp3) is 0.200. The van der Waals surface area contributed by atoms with Crippen LogP contribution in [0.3, 0.4) is 0 Å². The van der Waals surface area contributed by atoms with Crippen molar-refractivity contribution < 1.29 is 9.63 Å². The molecule has 0 bridgehead atoms. The van der Waals surface area contributed by atoms with E-state index in [4.69, 9.17) is 0 Å². The molecule has 5 heteroatoms. The van der Waals surface area contributed by atoms with Gasteiger partial charge in [-0.05, 0) is 0 Å². The second-order valence-electron chi connectivity index (χ2n) is 1.53. The maximum Gasteiger partial charge on any atom is 0.240 e. The number of nitrogens with zero attached hydrogens (tertiary/aromatic N) is 2. The Hall–Kier alpha value is -1.36. The fourth-order valence-electron chi connectivity index (χ4n) is 0.557. The van der Waals surface area contributed by atoms with Crippen LogP contribution in [0.15, 0.2) is 12.4 Å². The summed E-state index contributed by atoms with van der Waals surface area (Å²) in [6.07, 6.45) is 3.66. The Balaban J connectivity index is 2.73. The van der Waals surface area contributed by atoms with E-state index in [1.54, 1.807) is 6.20 Å². The van der Waals surface area contributed by atoms with Crippen molar-refractivity contribution >= 4 is 12.4 Å². The number of anilines is 1. The van der Waals surface area contributed by atoms with E-state index in [-0.39, 0.29) is 0 Å². The lowest BCUT2D eigenvalue weighted by atomic mass is 11.0. The van der Waals surface area contributed by atoms with Crippen molar-refractivity contribution in [3.8, 4) is 0 Å². The van der Waals surface area contributed by atoms with E-state index in [2.05, 4.69) is 14.8 Å². The molecule has 1 amide bonds. The van der Waals surface area contributed by atoms with Gasteiger partial charge in [-0.15, -0.1) is 0 Å². The van der Waals surface area contributed by atoms with Crippen LogP contribution in [0.1, 0.15) is 0 Å². The molecule has 5 nitrogen and oxygen atoms in total. The molecule has 1 aromatic rings. The van der Waals surface area contributed by atoms with E-state index in [0.717, 1.165) is 5.06 Å². The Kier molecular flexibility index (Phi) is 2.01. The van der Waals surface area contributed by atoms with E-state index < -0.39 is 0 Å². The number of imidazole rings is 1. The average Bonchev–Trinajstić information content (AvgIpc) is 2.43. The Morgan fingerprint density at radius 2 is 2.70 bits per heavy atom. The molecule has 0 spiro atoms. The molecule has 1 rings (SSSR count). The number of rotatable bonds is 3. The molecule has 10 heavy (non-hydrogen) atoms. The number of H-pyrrole nitrogens is 1. The molecule has 0 aliphatic carbocycles. The van der Waals surface area contributed by atoms with Crippen LogP contribution in [-0.4, -0.2) is 23.5 Å². The van der Waals surface area contributed by atoms with Crippen molar-refractivity contribution in [3.63, 3.8) is 0 Å². The van der Waals surface area contributed by atoms with Gasteiger partial charge in [0.2, 0.25) is 12.4 Å². The number of nitrogens with one attached hydrogen (secondary N) is 1. The van der Waals surface area contributed by atoms with Gasteiger partial charge in [0.05, 0.1) is 7.11 Å². The number of amides is 1. The van der Waals surface area contributed by atoms with Crippen LogP contribution in [-0.2, 0) is 9.63 Å². The highest BCUT2D eigenvalue weighted by Crippen LogP contribution is 2.01. The Labute approximate surface area is 57.6 Å². The monoisotopic (exact) mass is 141 g/mol. The summed E-state index contributed by atoms with van der Waals surface area (Å²) in [6, 6.07) is 0. The zero-order valence-corrected chi connectivity index (χ0v) is 5.44. The zero-order valence-electron chi connectivity index (χ0n) is 5.44. The van der Waals surface area contributed by atoms with Crippen LogP contribution in [0.4, 0.5) is 5.95 Å². The SMILES string of the molecule is CON(C=O)c1ncc[nH]1. The number of carbonyl (C=O) groups is 1. The molecular formula is C5H7N3O2. The number of aromatic nitrogens is 2. The van der Waals surface area contributed by atoms with Crippen molar-refractivity contribution in [3.05, 3.63) is 12.4 Å². The van der Waals surface area contributed by atoms with Gasteiger partial charge >= 0.3 is 0 Å². The first-order valence-corrected chi connectivity index (χ1v) is 2.66. The molecule has 0 saturated carbocycles. The topological polar surface area (TPSA) is 58.2 Å². The largest absolute Gasteiger partial charge is 0.329 e. The molecule has 1 heterocycles. The highest BCUT2D eigenvalue weighted by atomic mass is 16.7. The Morgan fingerprint density at radius 3 is 3.10 bits per heavy atom. The Bertz CT molecular complexity index is 197. The van der Waals surface area contributed by atoms with Gasteiger partial charge in [-0.25, -0.2) is 4.98 Å². The number of hydrogen-bond acceptors (Lipinski definition) is 3. The summed E-state index contributed by atoms with van der Waals surface area (Å²) < 4.78 is 0. The molecule has 0 fully saturated rings. The molecule has 0 aromatic carbocycles. The molecule has 54 valence electrons. The van der Waals surface area contributed by atoms with E-state index in [0.29, 0.717) is 12.4 Å². The van der Waals surface area contributed by atoms with Crippen LogP contribution < -0.4 is 5.06 Å². The first kappa shape index (κ1) is 6.76. The summed E-state index contributed by atoms with van der Waals surface area (Å²) in [6.45, 7) is 0. The molecular weight excluding hydrogens is 134 g/mol. The number of hydroxylamine groups is 1. The predicted molar refractivity (Wildman–Crippen MR) is 34.1 cm³/mol. The van der Waals surface area contributed by atoms with Crippen molar-refractivity contribution in [1.82, 2.24) is 9.97 Å². The van der Waals surface area contributed by atoms with Crippen molar-refractivity contribution in [2.45, 2.75) is 0 Å². The van der Waals surface area contributed by atoms with Gasteiger partial charge in [0.25, 0.3) is 0 Å². The highest BCUT2D eigenvalue weighted by Gasteiger charge is 2.03. The molecule has 0 aliphatic heterocycles. The van der Waals surface area contributed by atoms with Gasteiger partial charge in [-0.3, -0.25) is 9.63 Å². The molecule has 0 saturated heterocycles. The van der Waals surface area contributed by atoms with E-state index >= 15 is 0 Å². The van der Waals surface area contributed by atoms with Crippen LogP contribution in [0.5, 0.6) is 0 Å². The minimum Gasteiger partial charge on any atom is -0.329 e. The smallest absolute Gasteiger partial charge is 0.240 e. The molecule has 1 aromatic heterocycles. The normalized spacial score (nSPS) is 9.30. The van der Waals surface area contributed by atoms with Crippen LogP contribution in [0, 0.1) is 0 Å². The maximum absolute atomic E-state index is 10.2. The minimum atomic E-state index is 0.373. The molecule has 1 N–H and O–H groups in total. The van der Waals surface area contributed by atoms with Gasteiger partial charge in [0.15, 0.2) is 0 Å². The van der Waals surface area contributed by atoms with Gasteiger partial charge in [0.1, 0.15) is 0 Å². The first-order valence-electron chi connectivity index (χ1n) is 2.66. The molecule has 0 unspecified atom stereocenters. The Morgan fingerprint density at radius 1 is 1.90 bits per heavy atom. The van der Waals surface area contributed by atoms with Crippen LogP contribution in [0.25, 0.3) is 0 Å². The summed E-state index contributed by atoms with van der Waals surface area (Å²) in [4.78, 5) is 21.3. The number of carbonyl (C=O) groups excluding carboxylic acids is 1. The first-order chi connectivity index (χ1) is 4.88. The lowest BCUT2D eigenvalue weighted by molar-refractivity contribution is -0.113. The maximum atomic E-state index is 10.2. The lowest BCUT2D eigenvalue weighted by Crippen LogP contribution is -2.20. The summed E-state index contributed by atoms with van der Waals surface area (Å²) in [5, 5.41) is 0.986. The van der Waals surface area contributed by atoms with Gasteiger partial charge in [-0.1, -0.05) is 0 Å².